The van der Waals surface area contributed by atoms with Crippen LogP contribution in [0, 0.1) is 0 Å². The van der Waals surface area contributed by atoms with Gasteiger partial charge in [0.15, 0.2) is 0 Å². The molecule has 1 aromatic heterocycles. The average molecular weight is 475 g/mol. The predicted octanol–water partition coefficient (Wildman–Crippen LogP) is -0.392. The third kappa shape index (κ3) is 6.22. The van der Waals surface area contributed by atoms with E-state index in [0.29, 0.717) is 30.7 Å². The van der Waals surface area contributed by atoms with E-state index in [1.54, 1.807) is 18.0 Å². The number of unbranched alkanes of at least 4 members (excludes halogenated alkanes) is 1. The van der Waals surface area contributed by atoms with Crippen LogP contribution in [0.15, 0.2) is 18.5 Å². The Hall–Kier alpha value is -3.21. The van der Waals surface area contributed by atoms with Gasteiger partial charge in [-0.15, -0.1) is 0 Å². The molecule has 3 atom stereocenters. The van der Waals surface area contributed by atoms with Gasteiger partial charge in [0, 0.05) is 45.8 Å². The third-order valence-electron chi connectivity index (χ3n) is 6.14. The number of fused-ring (bicyclic) bond motifs is 3. The van der Waals surface area contributed by atoms with Crippen molar-refractivity contribution < 1.29 is 23.9 Å². The molecule has 0 unspecified atom stereocenters. The highest BCUT2D eigenvalue weighted by atomic mass is 16.5. The smallest absolute Gasteiger partial charge is 0.255 e. The number of ether oxygens (including phenoxy) is 1. The molecule has 0 saturated carbocycles. The number of nitrogens with zero attached hydrogens (tertiary/aromatic N) is 4. The molecule has 1 fully saturated rings. The molecule has 3 rings (SSSR count). The number of pyridine rings is 1. The van der Waals surface area contributed by atoms with Crippen molar-refractivity contribution >= 4 is 23.6 Å². The SMILES string of the molecule is CCCCC(=O)N[C@H]1C[C@H]2COc3cncc(c3)C(=O)N(C)C[C@H](N)C(=O)N(C)CC(=O)N2C1. The fraction of sp³-hybridized carbons (Fsp3) is 0.609. The molecule has 2 aliphatic heterocycles. The molecule has 11 nitrogen and oxygen atoms in total. The van der Waals surface area contributed by atoms with Crippen LogP contribution in [0.4, 0.5) is 0 Å². The van der Waals surface area contributed by atoms with E-state index in [0.717, 1.165) is 12.8 Å². The first-order valence-electron chi connectivity index (χ1n) is 11.6. The van der Waals surface area contributed by atoms with Crippen molar-refractivity contribution in [3.8, 4) is 5.75 Å². The van der Waals surface area contributed by atoms with E-state index in [-0.39, 0.29) is 49.5 Å². The molecule has 2 bridgehead atoms. The number of likely N-dealkylation sites (N-methyl/N-ethyl adjacent to an activating group) is 2. The van der Waals surface area contributed by atoms with Gasteiger partial charge in [-0.25, -0.2) is 0 Å². The maximum atomic E-state index is 13.1. The molecule has 1 saturated heterocycles. The van der Waals surface area contributed by atoms with Gasteiger partial charge >= 0.3 is 0 Å². The van der Waals surface area contributed by atoms with E-state index in [9.17, 15) is 19.2 Å². The molecule has 4 amide bonds. The maximum Gasteiger partial charge on any atom is 0.255 e. The minimum Gasteiger partial charge on any atom is -0.490 e. The molecule has 3 heterocycles. The van der Waals surface area contributed by atoms with E-state index >= 15 is 0 Å². The molecule has 0 spiro atoms. The quantitative estimate of drug-likeness (QED) is 0.606. The molecule has 186 valence electrons. The molecule has 0 aromatic carbocycles. The topological polar surface area (TPSA) is 138 Å². The van der Waals surface area contributed by atoms with Crippen LogP contribution in [0.3, 0.4) is 0 Å². The van der Waals surface area contributed by atoms with Gasteiger partial charge in [0.1, 0.15) is 18.4 Å². The van der Waals surface area contributed by atoms with Crippen molar-refractivity contribution in [3.63, 3.8) is 0 Å². The van der Waals surface area contributed by atoms with E-state index in [4.69, 9.17) is 10.5 Å². The summed E-state index contributed by atoms with van der Waals surface area (Å²) in [6, 6.07) is 0.0806. The number of hydrogen-bond acceptors (Lipinski definition) is 7. The summed E-state index contributed by atoms with van der Waals surface area (Å²) in [7, 11) is 3.07. The lowest BCUT2D eigenvalue weighted by molar-refractivity contribution is -0.141. The van der Waals surface area contributed by atoms with Crippen LogP contribution in [0.5, 0.6) is 5.75 Å². The Morgan fingerprint density at radius 1 is 1.21 bits per heavy atom. The predicted molar refractivity (Wildman–Crippen MR) is 124 cm³/mol. The van der Waals surface area contributed by atoms with Gasteiger partial charge < -0.3 is 30.5 Å². The van der Waals surface area contributed by atoms with Crippen molar-refractivity contribution in [3.05, 3.63) is 24.0 Å². The van der Waals surface area contributed by atoms with Crippen molar-refractivity contribution in [2.45, 2.75) is 50.7 Å². The van der Waals surface area contributed by atoms with Crippen molar-refractivity contribution in [2.24, 2.45) is 5.73 Å². The highest BCUT2D eigenvalue weighted by Crippen LogP contribution is 2.22. The Bertz CT molecular complexity index is 925. The summed E-state index contributed by atoms with van der Waals surface area (Å²) >= 11 is 0. The van der Waals surface area contributed by atoms with Crippen LogP contribution in [0.1, 0.15) is 43.0 Å². The Morgan fingerprint density at radius 2 is 1.97 bits per heavy atom. The number of rotatable bonds is 4. The molecule has 3 N–H and O–H groups in total. The summed E-state index contributed by atoms with van der Waals surface area (Å²) < 4.78 is 5.91. The van der Waals surface area contributed by atoms with Gasteiger partial charge in [0.2, 0.25) is 17.7 Å². The lowest BCUT2D eigenvalue weighted by Gasteiger charge is -2.28. The van der Waals surface area contributed by atoms with Gasteiger partial charge in [-0.3, -0.25) is 24.2 Å². The number of aromatic nitrogens is 1. The molecule has 11 heteroatoms. The first-order chi connectivity index (χ1) is 16.2. The van der Waals surface area contributed by atoms with Gasteiger partial charge in [-0.1, -0.05) is 13.3 Å². The first-order valence-corrected chi connectivity index (χ1v) is 11.6. The molecule has 1 aromatic rings. The molecule has 0 radical (unpaired) electrons. The van der Waals surface area contributed by atoms with Gasteiger partial charge in [-0.05, 0) is 18.9 Å². The average Bonchev–Trinajstić information content (AvgIpc) is 3.22. The monoisotopic (exact) mass is 474 g/mol. The van der Waals surface area contributed by atoms with Crippen LogP contribution in [-0.2, 0) is 14.4 Å². The Morgan fingerprint density at radius 3 is 2.71 bits per heavy atom. The Balaban J connectivity index is 1.83. The van der Waals surface area contributed by atoms with Gasteiger partial charge in [-0.2, -0.15) is 0 Å². The van der Waals surface area contributed by atoms with Crippen molar-refractivity contribution in [1.82, 2.24) is 25.0 Å². The Kier molecular flexibility index (Phi) is 8.43. The fourth-order valence-electron chi connectivity index (χ4n) is 4.26. The molecule has 34 heavy (non-hydrogen) atoms. The van der Waals surface area contributed by atoms with Crippen molar-refractivity contribution in [1.29, 1.82) is 0 Å². The number of hydrogen-bond donors (Lipinski definition) is 2. The minimum absolute atomic E-state index is 0.0144. The van der Waals surface area contributed by atoms with Crippen LogP contribution < -0.4 is 15.8 Å². The van der Waals surface area contributed by atoms with Crippen LogP contribution in [-0.4, -0.2) is 102 Å². The lowest BCUT2D eigenvalue weighted by Crippen LogP contribution is -2.52. The summed E-state index contributed by atoms with van der Waals surface area (Å²) in [5.74, 6) is -0.679. The zero-order chi connectivity index (χ0) is 24.8. The summed E-state index contributed by atoms with van der Waals surface area (Å²) in [5, 5.41) is 3.01. The van der Waals surface area contributed by atoms with Gasteiger partial charge in [0.25, 0.3) is 5.91 Å². The zero-order valence-corrected chi connectivity index (χ0v) is 20.0. The molecular weight excluding hydrogens is 440 g/mol. The second kappa shape index (κ2) is 11.3. The standard InChI is InChI=1S/C23H34N6O5/c1-4-5-6-20(30)26-16-8-17-14-34-18-7-15(9-25-10-18)22(32)27(2)12-19(24)23(33)28(3)13-21(31)29(17)11-16/h7,9-10,16-17,19H,4-6,8,11-14,24H2,1-3H3,(H,26,30)/t16-,17-,19-/m0/s1. The maximum absolute atomic E-state index is 13.1. The second-order valence-corrected chi connectivity index (χ2v) is 9.01. The second-order valence-electron chi connectivity index (χ2n) is 9.01. The third-order valence-corrected chi connectivity index (χ3v) is 6.14. The highest BCUT2D eigenvalue weighted by molar-refractivity contribution is 5.95. The zero-order valence-electron chi connectivity index (χ0n) is 20.0. The number of carbonyl (C=O) groups excluding carboxylic acids is 4. The Labute approximate surface area is 199 Å². The van der Waals surface area contributed by atoms with E-state index in [1.165, 1.54) is 29.2 Å². The van der Waals surface area contributed by atoms with E-state index in [1.807, 2.05) is 6.92 Å². The molecule has 2 aliphatic rings. The van der Waals surface area contributed by atoms with Crippen LogP contribution in [0.2, 0.25) is 0 Å². The number of amides is 4. The number of carbonyl (C=O) groups is 4. The summed E-state index contributed by atoms with van der Waals surface area (Å²) in [6.45, 7) is 2.35. The van der Waals surface area contributed by atoms with Gasteiger partial charge in [0.05, 0.1) is 24.3 Å². The minimum atomic E-state index is -0.982. The summed E-state index contributed by atoms with van der Waals surface area (Å²) in [4.78, 5) is 59.3. The summed E-state index contributed by atoms with van der Waals surface area (Å²) in [6.07, 6.45) is 5.62. The molecular formula is C23H34N6O5. The number of nitrogens with one attached hydrogen (secondary N) is 1. The van der Waals surface area contributed by atoms with E-state index < -0.39 is 11.9 Å². The normalized spacial score (nSPS) is 24.3. The van der Waals surface area contributed by atoms with E-state index in [2.05, 4.69) is 10.3 Å². The van der Waals surface area contributed by atoms with Crippen LogP contribution >= 0.6 is 0 Å². The van der Waals surface area contributed by atoms with Crippen LogP contribution in [0.25, 0.3) is 0 Å². The number of nitrogens with two attached hydrogens (primary N) is 1. The highest BCUT2D eigenvalue weighted by Gasteiger charge is 2.37. The fourth-order valence-corrected chi connectivity index (χ4v) is 4.26. The lowest BCUT2D eigenvalue weighted by atomic mass is 10.1. The molecule has 0 aliphatic carbocycles. The first kappa shape index (κ1) is 25.4. The van der Waals surface area contributed by atoms with Crippen molar-refractivity contribution in [2.75, 3.05) is 40.3 Å². The summed E-state index contributed by atoms with van der Waals surface area (Å²) in [5.41, 5.74) is 6.36. The largest absolute Gasteiger partial charge is 0.490 e.